The summed E-state index contributed by atoms with van der Waals surface area (Å²) in [6, 6.07) is 13.0. The topological polar surface area (TPSA) is 78.5 Å². The highest BCUT2D eigenvalue weighted by Gasteiger charge is 2.23. The van der Waals surface area contributed by atoms with E-state index in [-0.39, 0.29) is 23.8 Å². The second kappa shape index (κ2) is 8.82. The molecule has 2 aromatic rings. The molecule has 1 heterocycles. The molecule has 146 valence electrons. The highest BCUT2D eigenvalue weighted by atomic mass is 32.2. The summed E-state index contributed by atoms with van der Waals surface area (Å²) in [6.45, 7) is 4.92. The van der Waals surface area contributed by atoms with Gasteiger partial charge in [0.1, 0.15) is 0 Å². The maximum atomic E-state index is 12.5. The van der Waals surface area contributed by atoms with Crippen LogP contribution in [0.15, 0.2) is 47.4 Å². The average Bonchev–Trinajstić information content (AvgIpc) is 3.13. The second-order valence-electron chi connectivity index (χ2n) is 6.89. The van der Waals surface area contributed by atoms with Crippen LogP contribution in [0.2, 0.25) is 0 Å². The van der Waals surface area contributed by atoms with Gasteiger partial charge in [-0.3, -0.25) is 9.69 Å². The number of sulfonamides is 1. The van der Waals surface area contributed by atoms with Crippen LogP contribution in [0, 0.1) is 0 Å². The van der Waals surface area contributed by atoms with Gasteiger partial charge in [0.15, 0.2) is 0 Å². The molecule has 0 aromatic heterocycles. The summed E-state index contributed by atoms with van der Waals surface area (Å²) in [6.07, 6.45) is 2.40. The molecule has 0 spiro atoms. The van der Waals surface area contributed by atoms with Crippen molar-refractivity contribution in [1.82, 2.24) is 14.9 Å². The van der Waals surface area contributed by atoms with Crippen molar-refractivity contribution < 1.29 is 13.2 Å². The van der Waals surface area contributed by atoms with E-state index in [0.717, 1.165) is 30.3 Å². The maximum Gasteiger partial charge on any atom is 0.240 e. The molecule has 3 rings (SSSR count). The molecule has 1 aliphatic heterocycles. The lowest BCUT2D eigenvalue weighted by Gasteiger charge is -2.22. The van der Waals surface area contributed by atoms with Gasteiger partial charge in [-0.2, -0.15) is 0 Å². The van der Waals surface area contributed by atoms with Crippen LogP contribution in [0.4, 0.5) is 0 Å². The Morgan fingerprint density at radius 1 is 1.19 bits per heavy atom. The third-order valence-corrected chi connectivity index (χ3v) is 6.57. The predicted octanol–water partition coefficient (Wildman–Crippen LogP) is 2.11. The van der Waals surface area contributed by atoms with E-state index in [2.05, 4.69) is 21.9 Å². The molecule has 0 unspecified atom stereocenters. The number of nitrogens with zero attached hydrogens (tertiary/aromatic N) is 1. The number of rotatable bonds is 8. The summed E-state index contributed by atoms with van der Waals surface area (Å²) in [5.74, 6) is -0.126. The van der Waals surface area contributed by atoms with Crippen LogP contribution in [0.25, 0.3) is 10.8 Å². The zero-order chi connectivity index (χ0) is 19.3. The summed E-state index contributed by atoms with van der Waals surface area (Å²) in [7, 11) is -3.63. The number of likely N-dealkylation sites (N-methyl/N-ethyl adjacent to an activating group) is 1. The third-order valence-electron chi connectivity index (χ3n) is 5.12. The van der Waals surface area contributed by atoms with E-state index in [9.17, 15) is 13.2 Å². The van der Waals surface area contributed by atoms with E-state index in [1.54, 1.807) is 18.2 Å². The van der Waals surface area contributed by atoms with Crippen LogP contribution in [-0.2, 0) is 14.8 Å². The van der Waals surface area contributed by atoms with Crippen molar-refractivity contribution in [2.75, 3.05) is 26.2 Å². The summed E-state index contributed by atoms with van der Waals surface area (Å²) in [5, 5.41) is 4.78. The number of nitrogens with one attached hydrogen (secondary N) is 2. The van der Waals surface area contributed by atoms with E-state index >= 15 is 0 Å². The minimum Gasteiger partial charge on any atom is -0.354 e. The Hall–Kier alpha value is -1.96. The SMILES string of the molecule is CCN1CCC[C@@H]1CNC(=O)CCNS(=O)(=O)c1ccc2ccccc2c1. The Morgan fingerprint density at radius 3 is 2.74 bits per heavy atom. The molecular weight excluding hydrogens is 362 g/mol. The van der Waals surface area contributed by atoms with Gasteiger partial charge in [-0.05, 0) is 48.8 Å². The first-order valence-corrected chi connectivity index (χ1v) is 11.0. The first kappa shape index (κ1) is 19.8. The lowest BCUT2D eigenvalue weighted by molar-refractivity contribution is -0.121. The molecule has 6 nitrogen and oxygen atoms in total. The molecule has 27 heavy (non-hydrogen) atoms. The van der Waals surface area contributed by atoms with Crippen molar-refractivity contribution in [3.8, 4) is 0 Å². The van der Waals surface area contributed by atoms with Gasteiger partial charge in [-0.15, -0.1) is 0 Å². The molecule has 1 atom stereocenters. The maximum absolute atomic E-state index is 12.5. The summed E-state index contributed by atoms with van der Waals surface area (Å²) >= 11 is 0. The molecule has 7 heteroatoms. The molecule has 1 amide bonds. The van der Waals surface area contributed by atoms with Gasteiger partial charge in [0.25, 0.3) is 0 Å². The van der Waals surface area contributed by atoms with Gasteiger partial charge in [0.05, 0.1) is 4.90 Å². The van der Waals surface area contributed by atoms with E-state index in [0.29, 0.717) is 12.6 Å². The van der Waals surface area contributed by atoms with E-state index in [1.807, 2.05) is 24.3 Å². The molecule has 2 N–H and O–H groups in total. The standard InChI is InChI=1S/C20H27N3O3S/c1-2-23-13-5-8-18(23)15-21-20(24)11-12-22-27(25,26)19-10-9-16-6-3-4-7-17(16)14-19/h3-4,6-7,9-10,14,18,22H,2,5,8,11-13,15H2,1H3,(H,21,24)/t18-/m1/s1. The number of hydrogen-bond acceptors (Lipinski definition) is 4. The van der Waals surface area contributed by atoms with Crippen LogP contribution in [-0.4, -0.2) is 51.4 Å². The van der Waals surface area contributed by atoms with Crippen molar-refractivity contribution in [3.63, 3.8) is 0 Å². The van der Waals surface area contributed by atoms with Crippen LogP contribution in [0.1, 0.15) is 26.2 Å². The normalized spacial score (nSPS) is 18.0. The summed E-state index contributed by atoms with van der Waals surface area (Å²) < 4.78 is 27.4. The fourth-order valence-electron chi connectivity index (χ4n) is 3.58. The number of hydrogen-bond donors (Lipinski definition) is 2. The Kier molecular flexibility index (Phi) is 6.46. The lowest BCUT2D eigenvalue weighted by atomic mass is 10.1. The first-order chi connectivity index (χ1) is 13.0. The number of carbonyl (C=O) groups is 1. The van der Waals surface area contributed by atoms with Crippen LogP contribution >= 0.6 is 0 Å². The lowest BCUT2D eigenvalue weighted by Crippen LogP contribution is -2.40. The second-order valence-corrected chi connectivity index (χ2v) is 8.65. The molecule has 0 aliphatic carbocycles. The Labute approximate surface area is 161 Å². The zero-order valence-electron chi connectivity index (χ0n) is 15.6. The minimum absolute atomic E-state index is 0.0865. The molecule has 1 saturated heterocycles. The highest BCUT2D eigenvalue weighted by molar-refractivity contribution is 7.89. The largest absolute Gasteiger partial charge is 0.354 e. The van der Waals surface area contributed by atoms with Gasteiger partial charge >= 0.3 is 0 Å². The van der Waals surface area contributed by atoms with E-state index in [4.69, 9.17) is 0 Å². The van der Waals surface area contributed by atoms with Crippen LogP contribution in [0.3, 0.4) is 0 Å². The van der Waals surface area contributed by atoms with Crippen molar-refractivity contribution in [2.45, 2.75) is 37.1 Å². The van der Waals surface area contributed by atoms with Crippen molar-refractivity contribution >= 4 is 26.7 Å². The van der Waals surface area contributed by atoms with Gasteiger partial charge in [0, 0.05) is 25.6 Å². The fourth-order valence-corrected chi connectivity index (χ4v) is 4.65. The minimum atomic E-state index is -3.63. The highest BCUT2D eigenvalue weighted by Crippen LogP contribution is 2.19. The third kappa shape index (κ3) is 5.06. The van der Waals surface area contributed by atoms with Gasteiger partial charge in [0.2, 0.25) is 15.9 Å². The molecule has 1 aliphatic rings. The number of fused-ring (bicyclic) bond motifs is 1. The zero-order valence-corrected chi connectivity index (χ0v) is 16.5. The number of benzene rings is 2. The number of carbonyl (C=O) groups excluding carboxylic acids is 1. The Balaban J connectivity index is 1.49. The van der Waals surface area contributed by atoms with Crippen molar-refractivity contribution in [3.05, 3.63) is 42.5 Å². The predicted molar refractivity (Wildman–Crippen MR) is 107 cm³/mol. The monoisotopic (exact) mass is 389 g/mol. The molecule has 1 fully saturated rings. The van der Waals surface area contributed by atoms with Crippen LogP contribution < -0.4 is 10.0 Å². The van der Waals surface area contributed by atoms with Gasteiger partial charge < -0.3 is 5.32 Å². The van der Waals surface area contributed by atoms with Crippen molar-refractivity contribution in [2.24, 2.45) is 0 Å². The molecule has 0 saturated carbocycles. The molecular formula is C20H27N3O3S. The molecule has 2 aromatic carbocycles. The molecule has 0 bridgehead atoms. The average molecular weight is 390 g/mol. The quantitative estimate of drug-likeness (QED) is 0.725. The van der Waals surface area contributed by atoms with Crippen molar-refractivity contribution in [1.29, 1.82) is 0 Å². The first-order valence-electron chi connectivity index (χ1n) is 9.49. The van der Waals surface area contributed by atoms with E-state index in [1.165, 1.54) is 6.42 Å². The fraction of sp³-hybridized carbons (Fsp3) is 0.450. The Bertz CT molecular complexity index is 898. The number of amides is 1. The molecule has 0 radical (unpaired) electrons. The van der Waals surface area contributed by atoms with Gasteiger partial charge in [-0.25, -0.2) is 13.1 Å². The summed E-state index contributed by atoms with van der Waals surface area (Å²) in [5.41, 5.74) is 0. The van der Waals surface area contributed by atoms with Gasteiger partial charge in [-0.1, -0.05) is 37.3 Å². The van der Waals surface area contributed by atoms with E-state index < -0.39 is 10.0 Å². The van der Waals surface area contributed by atoms with Crippen LogP contribution in [0.5, 0.6) is 0 Å². The Morgan fingerprint density at radius 2 is 1.96 bits per heavy atom. The number of likely N-dealkylation sites (tertiary alicyclic amines) is 1. The summed E-state index contributed by atoms with van der Waals surface area (Å²) in [4.78, 5) is 14.6. The smallest absolute Gasteiger partial charge is 0.240 e.